The van der Waals surface area contributed by atoms with E-state index in [1.165, 1.54) is 12.1 Å². The SMILES string of the molecule is OCC1OCC(O)(OCCc2ccc(O)cc2)C(O)C1O. The Labute approximate surface area is 122 Å². The Morgan fingerprint density at radius 2 is 1.90 bits per heavy atom. The summed E-state index contributed by atoms with van der Waals surface area (Å²) in [5, 5.41) is 47.9. The third-order valence-electron chi connectivity index (χ3n) is 3.53. The number of phenolic OH excluding ortho intramolecular Hbond substituents is 1. The van der Waals surface area contributed by atoms with Crippen molar-refractivity contribution in [2.75, 3.05) is 19.8 Å². The summed E-state index contributed by atoms with van der Waals surface area (Å²) in [5.41, 5.74) is 0.886. The molecule has 1 saturated heterocycles. The molecule has 4 unspecified atom stereocenters. The molecule has 1 aliphatic rings. The van der Waals surface area contributed by atoms with Gasteiger partial charge in [0.05, 0.1) is 13.2 Å². The van der Waals surface area contributed by atoms with Crippen LogP contribution in [0.4, 0.5) is 0 Å². The van der Waals surface area contributed by atoms with Gasteiger partial charge in [-0.2, -0.15) is 0 Å². The summed E-state index contributed by atoms with van der Waals surface area (Å²) in [7, 11) is 0. The van der Waals surface area contributed by atoms with Gasteiger partial charge in [-0.05, 0) is 24.1 Å². The molecule has 118 valence electrons. The van der Waals surface area contributed by atoms with E-state index in [4.69, 9.17) is 14.6 Å². The summed E-state index contributed by atoms with van der Waals surface area (Å²) in [6.07, 6.45) is -3.49. The van der Waals surface area contributed by atoms with Crippen molar-refractivity contribution in [3.63, 3.8) is 0 Å². The highest BCUT2D eigenvalue weighted by atomic mass is 16.7. The van der Waals surface area contributed by atoms with Crippen LogP contribution in [0.2, 0.25) is 0 Å². The molecule has 4 atom stereocenters. The lowest BCUT2D eigenvalue weighted by Gasteiger charge is -2.42. The molecule has 0 aromatic heterocycles. The van der Waals surface area contributed by atoms with Gasteiger partial charge in [0.15, 0.2) is 0 Å². The van der Waals surface area contributed by atoms with E-state index in [9.17, 15) is 20.4 Å². The van der Waals surface area contributed by atoms with Gasteiger partial charge in [-0.25, -0.2) is 0 Å². The Hall–Kier alpha value is -1.22. The highest BCUT2D eigenvalue weighted by Gasteiger charge is 2.49. The Morgan fingerprint density at radius 3 is 2.52 bits per heavy atom. The fraction of sp³-hybridized carbons (Fsp3) is 0.571. The summed E-state index contributed by atoms with van der Waals surface area (Å²) in [6, 6.07) is 6.51. The Balaban J connectivity index is 1.88. The molecule has 7 nitrogen and oxygen atoms in total. The van der Waals surface area contributed by atoms with Crippen molar-refractivity contribution >= 4 is 0 Å². The normalized spacial score (nSPS) is 33.0. The zero-order valence-electron chi connectivity index (χ0n) is 11.4. The molecule has 1 fully saturated rings. The van der Waals surface area contributed by atoms with Crippen LogP contribution >= 0.6 is 0 Å². The van der Waals surface area contributed by atoms with E-state index < -0.39 is 30.7 Å². The van der Waals surface area contributed by atoms with Gasteiger partial charge in [0.1, 0.15) is 30.7 Å². The Morgan fingerprint density at radius 1 is 1.24 bits per heavy atom. The molecule has 0 radical (unpaired) electrons. The summed E-state index contributed by atoms with van der Waals surface area (Å²) < 4.78 is 10.3. The van der Waals surface area contributed by atoms with Crippen LogP contribution in [0.25, 0.3) is 0 Å². The number of aromatic hydroxyl groups is 1. The minimum Gasteiger partial charge on any atom is -0.508 e. The number of hydrogen-bond donors (Lipinski definition) is 5. The lowest BCUT2D eigenvalue weighted by Crippen LogP contribution is -2.63. The fourth-order valence-electron chi connectivity index (χ4n) is 2.18. The van der Waals surface area contributed by atoms with Crippen LogP contribution in [0, 0.1) is 0 Å². The third kappa shape index (κ3) is 3.70. The topological polar surface area (TPSA) is 120 Å². The molecule has 21 heavy (non-hydrogen) atoms. The second-order valence-electron chi connectivity index (χ2n) is 5.08. The van der Waals surface area contributed by atoms with Crippen molar-refractivity contribution in [1.29, 1.82) is 0 Å². The predicted octanol–water partition coefficient (Wildman–Crippen LogP) is -1.25. The number of hydrogen-bond acceptors (Lipinski definition) is 7. The van der Waals surface area contributed by atoms with Crippen molar-refractivity contribution in [1.82, 2.24) is 0 Å². The largest absolute Gasteiger partial charge is 0.508 e. The van der Waals surface area contributed by atoms with Crippen LogP contribution in [-0.2, 0) is 15.9 Å². The highest BCUT2D eigenvalue weighted by Crippen LogP contribution is 2.25. The van der Waals surface area contributed by atoms with E-state index >= 15 is 0 Å². The van der Waals surface area contributed by atoms with E-state index in [-0.39, 0.29) is 19.0 Å². The molecule has 0 aliphatic carbocycles. The van der Waals surface area contributed by atoms with E-state index in [0.29, 0.717) is 6.42 Å². The van der Waals surface area contributed by atoms with Gasteiger partial charge in [0.25, 0.3) is 0 Å². The molecule has 1 aromatic rings. The number of aliphatic hydroxyl groups excluding tert-OH is 3. The first-order chi connectivity index (χ1) is 9.96. The van der Waals surface area contributed by atoms with E-state index in [1.54, 1.807) is 12.1 Å². The molecular formula is C14H20O7. The van der Waals surface area contributed by atoms with Gasteiger partial charge < -0.3 is 35.0 Å². The van der Waals surface area contributed by atoms with Crippen LogP contribution in [0.1, 0.15) is 5.56 Å². The first kappa shape index (κ1) is 16.2. The van der Waals surface area contributed by atoms with Crippen molar-refractivity contribution < 1.29 is 35.0 Å². The fourth-order valence-corrected chi connectivity index (χ4v) is 2.18. The van der Waals surface area contributed by atoms with Crippen LogP contribution in [0.15, 0.2) is 24.3 Å². The quantitative estimate of drug-likeness (QED) is 0.431. The summed E-state index contributed by atoms with van der Waals surface area (Å²) in [6.45, 7) is -0.702. The number of rotatable bonds is 5. The maximum Gasteiger partial charge on any atom is 0.218 e. The molecule has 0 bridgehead atoms. The Kier molecular flexibility index (Phi) is 5.15. The molecule has 1 heterocycles. The average molecular weight is 300 g/mol. The summed E-state index contributed by atoms with van der Waals surface area (Å²) in [4.78, 5) is 0. The minimum absolute atomic E-state index is 0.0954. The number of aliphatic hydroxyl groups is 4. The number of ether oxygens (including phenoxy) is 2. The monoisotopic (exact) mass is 300 g/mol. The van der Waals surface area contributed by atoms with Gasteiger partial charge in [-0.15, -0.1) is 0 Å². The molecule has 0 amide bonds. The van der Waals surface area contributed by atoms with Crippen molar-refractivity contribution in [3.8, 4) is 5.75 Å². The van der Waals surface area contributed by atoms with Crippen LogP contribution < -0.4 is 0 Å². The second kappa shape index (κ2) is 6.69. The van der Waals surface area contributed by atoms with Crippen molar-refractivity contribution in [2.45, 2.75) is 30.5 Å². The predicted molar refractivity (Wildman–Crippen MR) is 71.6 cm³/mol. The first-order valence-electron chi connectivity index (χ1n) is 6.69. The standard InChI is InChI=1S/C14H20O7/c15-7-11-12(17)13(18)14(19,8-20-11)21-6-5-9-1-3-10(16)4-2-9/h1-4,11-13,15-19H,5-8H2. The van der Waals surface area contributed by atoms with Gasteiger partial charge in [0, 0.05) is 0 Å². The average Bonchev–Trinajstić information content (AvgIpc) is 2.47. The maximum atomic E-state index is 10.2. The van der Waals surface area contributed by atoms with Gasteiger partial charge in [0.2, 0.25) is 5.79 Å². The zero-order chi connectivity index (χ0) is 15.5. The number of benzene rings is 1. The molecular weight excluding hydrogens is 280 g/mol. The smallest absolute Gasteiger partial charge is 0.218 e. The molecule has 0 saturated carbocycles. The molecule has 1 aliphatic heterocycles. The molecule has 2 rings (SSSR count). The van der Waals surface area contributed by atoms with Gasteiger partial charge in [-0.3, -0.25) is 0 Å². The van der Waals surface area contributed by atoms with Gasteiger partial charge in [-0.1, -0.05) is 12.1 Å². The lowest BCUT2D eigenvalue weighted by molar-refractivity contribution is -0.336. The van der Waals surface area contributed by atoms with E-state index in [2.05, 4.69) is 0 Å². The molecule has 0 spiro atoms. The minimum atomic E-state index is -2.01. The second-order valence-corrected chi connectivity index (χ2v) is 5.08. The summed E-state index contributed by atoms with van der Waals surface area (Å²) >= 11 is 0. The third-order valence-corrected chi connectivity index (χ3v) is 3.53. The maximum absolute atomic E-state index is 10.2. The molecule has 5 N–H and O–H groups in total. The van der Waals surface area contributed by atoms with Crippen LogP contribution in [0.3, 0.4) is 0 Å². The first-order valence-corrected chi connectivity index (χ1v) is 6.69. The van der Waals surface area contributed by atoms with Gasteiger partial charge >= 0.3 is 0 Å². The van der Waals surface area contributed by atoms with Crippen LogP contribution in [0.5, 0.6) is 5.75 Å². The molecule has 7 heteroatoms. The van der Waals surface area contributed by atoms with Crippen LogP contribution in [-0.4, -0.2) is 69.5 Å². The van der Waals surface area contributed by atoms with E-state index in [1.807, 2.05) is 0 Å². The highest BCUT2D eigenvalue weighted by molar-refractivity contribution is 5.25. The van der Waals surface area contributed by atoms with Crippen molar-refractivity contribution in [2.24, 2.45) is 0 Å². The summed E-state index contributed by atoms with van der Waals surface area (Å²) in [5.74, 6) is -1.85. The van der Waals surface area contributed by atoms with E-state index in [0.717, 1.165) is 5.56 Å². The number of phenols is 1. The lowest BCUT2D eigenvalue weighted by atomic mass is 9.97. The Bertz CT molecular complexity index is 449. The van der Waals surface area contributed by atoms with Crippen molar-refractivity contribution in [3.05, 3.63) is 29.8 Å². The zero-order valence-corrected chi connectivity index (χ0v) is 11.4. The molecule has 1 aromatic carbocycles.